The zero-order valence-corrected chi connectivity index (χ0v) is 11.2. The fourth-order valence-corrected chi connectivity index (χ4v) is 2.15. The number of hydrogen-bond acceptors (Lipinski definition) is 1. The van der Waals surface area contributed by atoms with Crippen molar-refractivity contribution in [2.45, 2.75) is 33.1 Å². The van der Waals surface area contributed by atoms with Crippen molar-refractivity contribution in [3.05, 3.63) is 53.6 Å². The second kappa shape index (κ2) is 5.72. The first kappa shape index (κ1) is 12.7. The largest absolute Gasteiger partial charge is 0.398 e. The van der Waals surface area contributed by atoms with Gasteiger partial charge in [-0.3, -0.25) is 0 Å². The predicted octanol–water partition coefficient (Wildman–Crippen LogP) is 4.59. The summed E-state index contributed by atoms with van der Waals surface area (Å²) in [7, 11) is 0. The van der Waals surface area contributed by atoms with E-state index in [1.807, 2.05) is 6.07 Å². The summed E-state index contributed by atoms with van der Waals surface area (Å²) in [5.74, 6) is 0. The zero-order valence-electron chi connectivity index (χ0n) is 11.2. The van der Waals surface area contributed by atoms with Gasteiger partial charge in [0.2, 0.25) is 0 Å². The molecule has 0 radical (unpaired) electrons. The number of anilines is 1. The molecule has 2 rings (SSSR count). The second-order valence-electron chi connectivity index (χ2n) is 4.89. The Morgan fingerprint density at radius 1 is 1.00 bits per heavy atom. The lowest BCUT2D eigenvalue weighted by molar-refractivity contribution is 0.795. The molecule has 18 heavy (non-hydrogen) atoms. The molecule has 0 fully saturated rings. The maximum absolute atomic E-state index is 6.04. The maximum atomic E-state index is 6.04. The maximum Gasteiger partial charge on any atom is 0.0393 e. The number of rotatable bonds is 4. The number of aryl methyl sites for hydroxylation is 2. The van der Waals surface area contributed by atoms with Crippen LogP contribution in [0.2, 0.25) is 0 Å². The van der Waals surface area contributed by atoms with E-state index in [9.17, 15) is 0 Å². The normalized spacial score (nSPS) is 10.6. The lowest BCUT2D eigenvalue weighted by Gasteiger charge is -2.08. The van der Waals surface area contributed by atoms with Crippen molar-refractivity contribution in [1.82, 2.24) is 0 Å². The van der Waals surface area contributed by atoms with Crippen LogP contribution in [0.3, 0.4) is 0 Å². The van der Waals surface area contributed by atoms with E-state index >= 15 is 0 Å². The van der Waals surface area contributed by atoms with E-state index in [0.717, 1.165) is 11.3 Å². The molecule has 0 amide bonds. The molecule has 1 heteroatoms. The molecule has 0 aliphatic carbocycles. The Morgan fingerprint density at radius 3 is 2.39 bits per heavy atom. The minimum atomic E-state index is 0.849. The summed E-state index contributed by atoms with van der Waals surface area (Å²) < 4.78 is 0. The van der Waals surface area contributed by atoms with E-state index < -0.39 is 0 Å². The third kappa shape index (κ3) is 2.92. The molecule has 0 saturated carbocycles. The number of hydrogen-bond donors (Lipinski definition) is 1. The average Bonchev–Trinajstić information content (AvgIpc) is 2.40. The topological polar surface area (TPSA) is 26.0 Å². The van der Waals surface area contributed by atoms with Crippen molar-refractivity contribution >= 4 is 5.69 Å². The Bertz CT molecular complexity index is 512. The van der Waals surface area contributed by atoms with Crippen molar-refractivity contribution in [2.75, 3.05) is 5.73 Å². The van der Waals surface area contributed by atoms with Crippen LogP contribution in [0.25, 0.3) is 11.1 Å². The van der Waals surface area contributed by atoms with Gasteiger partial charge in [0.05, 0.1) is 0 Å². The molecular formula is C17H21N. The van der Waals surface area contributed by atoms with Gasteiger partial charge in [0.1, 0.15) is 0 Å². The van der Waals surface area contributed by atoms with E-state index in [4.69, 9.17) is 5.73 Å². The van der Waals surface area contributed by atoms with Gasteiger partial charge in [0.25, 0.3) is 0 Å². The van der Waals surface area contributed by atoms with E-state index in [2.05, 4.69) is 50.2 Å². The van der Waals surface area contributed by atoms with Gasteiger partial charge < -0.3 is 5.73 Å². The highest BCUT2D eigenvalue weighted by Crippen LogP contribution is 2.27. The van der Waals surface area contributed by atoms with Crippen molar-refractivity contribution in [1.29, 1.82) is 0 Å². The van der Waals surface area contributed by atoms with Crippen molar-refractivity contribution in [3.8, 4) is 11.1 Å². The molecule has 0 heterocycles. The number of benzene rings is 2. The lowest BCUT2D eigenvalue weighted by Crippen LogP contribution is -1.91. The van der Waals surface area contributed by atoms with Gasteiger partial charge in [-0.25, -0.2) is 0 Å². The second-order valence-corrected chi connectivity index (χ2v) is 4.89. The van der Waals surface area contributed by atoms with Crippen LogP contribution < -0.4 is 5.73 Å². The van der Waals surface area contributed by atoms with Crippen LogP contribution in [0.5, 0.6) is 0 Å². The molecule has 0 spiro atoms. The van der Waals surface area contributed by atoms with Crippen LogP contribution in [0.1, 0.15) is 30.9 Å². The fraction of sp³-hybridized carbons (Fsp3) is 0.294. The molecule has 0 aliphatic heterocycles. The van der Waals surface area contributed by atoms with Gasteiger partial charge in [-0.15, -0.1) is 0 Å². The van der Waals surface area contributed by atoms with Gasteiger partial charge in [-0.05, 0) is 43.0 Å². The Balaban J connectivity index is 2.25. The summed E-state index contributed by atoms with van der Waals surface area (Å²) in [6.07, 6.45) is 3.67. The summed E-state index contributed by atoms with van der Waals surface area (Å²) in [4.78, 5) is 0. The van der Waals surface area contributed by atoms with E-state index in [0.29, 0.717) is 0 Å². The predicted molar refractivity (Wildman–Crippen MR) is 79.6 cm³/mol. The molecule has 94 valence electrons. The summed E-state index contributed by atoms with van der Waals surface area (Å²) in [6.45, 7) is 4.32. The molecule has 2 aromatic carbocycles. The van der Waals surface area contributed by atoms with E-state index in [1.165, 1.54) is 36.0 Å². The third-order valence-electron chi connectivity index (χ3n) is 3.29. The van der Waals surface area contributed by atoms with E-state index in [1.54, 1.807) is 0 Å². The Kier molecular flexibility index (Phi) is 4.03. The first-order chi connectivity index (χ1) is 8.70. The smallest absolute Gasteiger partial charge is 0.0393 e. The summed E-state index contributed by atoms with van der Waals surface area (Å²) in [6, 6.07) is 15.0. The standard InChI is InChI=1S/C17H21N/c1-3-4-5-14-7-9-15(10-8-14)16-12-13(2)6-11-17(16)18/h6-12H,3-5,18H2,1-2H3. The fourth-order valence-electron chi connectivity index (χ4n) is 2.15. The molecule has 0 aliphatic rings. The van der Waals surface area contributed by atoms with Crippen LogP contribution in [0.15, 0.2) is 42.5 Å². The first-order valence-corrected chi connectivity index (χ1v) is 6.66. The molecule has 0 unspecified atom stereocenters. The van der Waals surface area contributed by atoms with Crippen LogP contribution >= 0.6 is 0 Å². The Hall–Kier alpha value is -1.76. The quantitative estimate of drug-likeness (QED) is 0.776. The molecule has 0 atom stereocenters. The molecule has 2 aromatic rings. The van der Waals surface area contributed by atoms with Gasteiger partial charge in [0, 0.05) is 11.3 Å². The van der Waals surface area contributed by atoms with Gasteiger partial charge in [-0.2, -0.15) is 0 Å². The molecule has 0 aromatic heterocycles. The number of nitrogen functional groups attached to an aromatic ring is 1. The number of nitrogens with two attached hydrogens (primary N) is 1. The van der Waals surface area contributed by atoms with Crippen LogP contribution in [0.4, 0.5) is 5.69 Å². The minimum absolute atomic E-state index is 0.849. The summed E-state index contributed by atoms with van der Waals surface area (Å²) in [5.41, 5.74) is 11.9. The van der Waals surface area contributed by atoms with E-state index in [-0.39, 0.29) is 0 Å². The van der Waals surface area contributed by atoms with Crippen molar-refractivity contribution in [3.63, 3.8) is 0 Å². The number of unbranched alkanes of at least 4 members (excludes halogenated alkanes) is 1. The third-order valence-corrected chi connectivity index (χ3v) is 3.29. The highest BCUT2D eigenvalue weighted by molar-refractivity contribution is 5.76. The van der Waals surface area contributed by atoms with Crippen molar-refractivity contribution < 1.29 is 0 Å². The van der Waals surface area contributed by atoms with Gasteiger partial charge >= 0.3 is 0 Å². The molecule has 1 nitrogen and oxygen atoms in total. The van der Waals surface area contributed by atoms with Gasteiger partial charge in [0.15, 0.2) is 0 Å². The highest BCUT2D eigenvalue weighted by atomic mass is 14.6. The van der Waals surface area contributed by atoms with Crippen LogP contribution in [0, 0.1) is 6.92 Å². The molecular weight excluding hydrogens is 218 g/mol. The lowest BCUT2D eigenvalue weighted by atomic mass is 9.99. The average molecular weight is 239 g/mol. The first-order valence-electron chi connectivity index (χ1n) is 6.66. The van der Waals surface area contributed by atoms with Crippen molar-refractivity contribution in [2.24, 2.45) is 0 Å². The summed E-state index contributed by atoms with van der Waals surface area (Å²) in [5, 5.41) is 0. The van der Waals surface area contributed by atoms with Gasteiger partial charge in [-0.1, -0.05) is 49.2 Å². The Labute approximate surface area is 110 Å². The molecule has 0 saturated heterocycles. The Morgan fingerprint density at radius 2 is 1.72 bits per heavy atom. The molecule has 0 bridgehead atoms. The highest BCUT2D eigenvalue weighted by Gasteiger charge is 2.03. The van der Waals surface area contributed by atoms with Crippen LogP contribution in [-0.2, 0) is 6.42 Å². The summed E-state index contributed by atoms with van der Waals surface area (Å²) >= 11 is 0. The minimum Gasteiger partial charge on any atom is -0.398 e. The SMILES string of the molecule is CCCCc1ccc(-c2cc(C)ccc2N)cc1. The van der Waals surface area contributed by atoms with Crippen LogP contribution in [-0.4, -0.2) is 0 Å². The zero-order chi connectivity index (χ0) is 13.0. The molecule has 2 N–H and O–H groups in total. The monoisotopic (exact) mass is 239 g/mol.